The smallest absolute Gasteiger partial charge is 0.0912 e. The monoisotopic (exact) mass is 226 g/mol. The zero-order valence-corrected chi connectivity index (χ0v) is 10.6. The van der Waals surface area contributed by atoms with Gasteiger partial charge in [0.2, 0.25) is 0 Å². The lowest BCUT2D eigenvalue weighted by molar-refractivity contribution is -0.110. The van der Waals surface area contributed by atoms with Crippen molar-refractivity contribution in [3.05, 3.63) is 18.0 Å². The van der Waals surface area contributed by atoms with Gasteiger partial charge in [-0.05, 0) is 25.8 Å². The van der Waals surface area contributed by atoms with Crippen LogP contribution in [0.4, 0.5) is 0 Å². The summed E-state index contributed by atoms with van der Waals surface area (Å²) in [5.41, 5.74) is 0.569. The molecular formula is C12H22N2O2. The molecule has 0 radical (unpaired) electrons. The van der Waals surface area contributed by atoms with Gasteiger partial charge < -0.3 is 9.84 Å². The number of aryl methyl sites for hydroxylation is 1. The molecule has 1 rings (SSSR count). The number of hydrogen-bond acceptors (Lipinski definition) is 3. The summed E-state index contributed by atoms with van der Waals surface area (Å²) < 4.78 is 7.38. The van der Waals surface area contributed by atoms with Crippen LogP contribution in [0.25, 0.3) is 0 Å². The van der Waals surface area contributed by atoms with Crippen molar-refractivity contribution in [2.45, 2.75) is 45.3 Å². The minimum Gasteiger partial charge on any atom is -0.390 e. The van der Waals surface area contributed by atoms with Gasteiger partial charge in [-0.25, -0.2) is 0 Å². The third kappa shape index (κ3) is 3.06. The second kappa shape index (κ2) is 5.46. The Kier molecular flexibility index (Phi) is 4.50. The van der Waals surface area contributed by atoms with Crippen LogP contribution in [0.2, 0.25) is 0 Å². The zero-order chi connectivity index (χ0) is 12.2. The van der Waals surface area contributed by atoms with Crippen molar-refractivity contribution in [2.75, 3.05) is 6.61 Å². The first kappa shape index (κ1) is 13.2. The average molecular weight is 226 g/mol. The van der Waals surface area contributed by atoms with E-state index in [9.17, 15) is 5.11 Å². The Labute approximate surface area is 97.2 Å². The summed E-state index contributed by atoms with van der Waals surface area (Å²) in [5.74, 6) is 0. The van der Waals surface area contributed by atoms with Crippen molar-refractivity contribution in [3.63, 3.8) is 0 Å². The fourth-order valence-electron chi connectivity index (χ4n) is 1.78. The lowest BCUT2D eigenvalue weighted by Crippen LogP contribution is -2.42. The van der Waals surface area contributed by atoms with Crippen LogP contribution < -0.4 is 0 Å². The number of rotatable bonds is 6. The van der Waals surface area contributed by atoms with E-state index in [1.165, 1.54) is 0 Å². The molecule has 0 aliphatic heterocycles. The number of aliphatic hydroxyl groups is 1. The van der Waals surface area contributed by atoms with Crippen LogP contribution in [0.15, 0.2) is 12.4 Å². The van der Waals surface area contributed by atoms with Crippen molar-refractivity contribution < 1.29 is 9.84 Å². The van der Waals surface area contributed by atoms with E-state index in [1.807, 2.05) is 34.0 Å². The molecule has 0 aliphatic carbocycles. The van der Waals surface area contributed by atoms with Gasteiger partial charge in [0.15, 0.2) is 0 Å². The molecule has 1 heterocycles. The fourth-order valence-corrected chi connectivity index (χ4v) is 1.78. The van der Waals surface area contributed by atoms with E-state index in [-0.39, 0.29) is 0 Å². The highest BCUT2D eigenvalue weighted by atomic mass is 16.5. The molecule has 0 saturated carbocycles. The molecule has 2 atom stereocenters. The minimum atomic E-state index is -0.498. The first-order chi connectivity index (χ1) is 7.51. The Bertz CT molecular complexity index is 325. The van der Waals surface area contributed by atoms with E-state index in [2.05, 4.69) is 5.10 Å². The van der Waals surface area contributed by atoms with Gasteiger partial charge in [0.25, 0.3) is 0 Å². The molecule has 4 nitrogen and oxygen atoms in total. The molecule has 0 spiro atoms. The molecule has 16 heavy (non-hydrogen) atoms. The Hall–Kier alpha value is -0.870. The van der Waals surface area contributed by atoms with E-state index in [4.69, 9.17) is 4.74 Å². The number of nitrogens with zero attached hydrogens (tertiary/aromatic N) is 2. The highest BCUT2D eigenvalue weighted by Crippen LogP contribution is 2.22. The molecule has 2 unspecified atom stereocenters. The Morgan fingerprint density at radius 3 is 2.69 bits per heavy atom. The minimum absolute atomic E-state index is 0.468. The molecule has 0 aromatic carbocycles. The maximum absolute atomic E-state index is 10.2. The average Bonchev–Trinajstić information content (AvgIpc) is 2.64. The molecule has 0 fully saturated rings. The third-order valence-corrected chi connectivity index (χ3v) is 3.07. The van der Waals surface area contributed by atoms with E-state index < -0.39 is 11.7 Å². The van der Waals surface area contributed by atoms with Crippen LogP contribution in [0.5, 0.6) is 0 Å². The van der Waals surface area contributed by atoms with Crippen molar-refractivity contribution in [3.8, 4) is 0 Å². The molecule has 1 N–H and O–H groups in total. The van der Waals surface area contributed by atoms with Crippen LogP contribution >= 0.6 is 0 Å². The summed E-state index contributed by atoms with van der Waals surface area (Å²) in [4.78, 5) is 0. The second-order valence-electron chi connectivity index (χ2n) is 4.34. The summed E-state index contributed by atoms with van der Waals surface area (Å²) in [6.45, 7) is 6.55. The van der Waals surface area contributed by atoms with Gasteiger partial charge in [-0.2, -0.15) is 5.10 Å². The number of hydrogen-bond donors (Lipinski definition) is 1. The fraction of sp³-hybridized carbons (Fsp3) is 0.750. The first-order valence-corrected chi connectivity index (χ1v) is 5.81. The van der Waals surface area contributed by atoms with Crippen LogP contribution in [-0.2, 0) is 18.2 Å². The van der Waals surface area contributed by atoms with E-state index >= 15 is 0 Å². The zero-order valence-electron chi connectivity index (χ0n) is 10.6. The number of aliphatic hydroxyl groups excluding tert-OH is 1. The summed E-state index contributed by atoms with van der Waals surface area (Å²) in [7, 11) is 1.87. The highest BCUT2D eigenvalue weighted by Gasteiger charge is 2.31. The Morgan fingerprint density at radius 2 is 2.25 bits per heavy atom. The molecule has 0 saturated heterocycles. The SMILES string of the molecule is CCOC(C)(CC)C(O)Cc1cnn(C)c1. The van der Waals surface area contributed by atoms with Gasteiger partial charge in [-0.3, -0.25) is 4.68 Å². The normalized spacial score (nSPS) is 17.1. The lowest BCUT2D eigenvalue weighted by Gasteiger charge is -2.33. The second-order valence-corrected chi connectivity index (χ2v) is 4.34. The van der Waals surface area contributed by atoms with E-state index in [0.29, 0.717) is 13.0 Å². The first-order valence-electron chi connectivity index (χ1n) is 5.81. The molecule has 0 bridgehead atoms. The van der Waals surface area contributed by atoms with Gasteiger partial charge in [-0.1, -0.05) is 6.92 Å². The van der Waals surface area contributed by atoms with Crippen molar-refractivity contribution in [2.24, 2.45) is 7.05 Å². The molecule has 92 valence electrons. The quantitative estimate of drug-likeness (QED) is 0.800. The van der Waals surface area contributed by atoms with Gasteiger partial charge in [0.05, 0.1) is 17.9 Å². The largest absolute Gasteiger partial charge is 0.390 e. The van der Waals surface area contributed by atoms with Crippen LogP contribution in [-0.4, -0.2) is 33.2 Å². The lowest BCUT2D eigenvalue weighted by atomic mass is 9.91. The molecule has 0 amide bonds. The standard InChI is InChI=1S/C12H22N2O2/c1-5-12(3,16-6-2)11(15)7-10-8-13-14(4)9-10/h8-9,11,15H,5-7H2,1-4H3. The Morgan fingerprint density at radius 1 is 1.56 bits per heavy atom. The number of ether oxygens (including phenoxy) is 1. The van der Waals surface area contributed by atoms with Crippen LogP contribution in [0.3, 0.4) is 0 Å². The van der Waals surface area contributed by atoms with Gasteiger partial charge in [0, 0.05) is 26.3 Å². The summed E-state index contributed by atoms with van der Waals surface area (Å²) >= 11 is 0. The summed E-state index contributed by atoms with van der Waals surface area (Å²) in [6.07, 6.45) is 4.58. The van der Waals surface area contributed by atoms with E-state index in [1.54, 1.807) is 10.9 Å². The van der Waals surface area contributed by atoms with Crippen molar-refractivity contribution in [1.29, 1.82) is 0 Å². The van der Waals surface area contributed by atoms with E-state index in [0.717, 1.165) is 12.0 Å². The number of aromatic nitrogens is 2. The maximum atomic E-state index is 10.2. The van der Waals surface area contributed by atoms with Crippen LogP contribution in [0.1, 0.15) is 32.8 Å². The topological polar surface area (TPSA) is 47.3 Å². The predicted octanol–water partition coefficient (Wildman–Crippen LogP) is 1.53. The molecule has 1 aromatic heterocycles. The van der Waals surface area contributed by atoms with Crippen LogP contribution in [0, 0.1) is 0 Å². The van der Waals surface area contributed by atoms with Crippen molar-refractivity contribution in [1.82, 2.24) is 9.78 Å². The molecular weight excluding hydrogens is 204 g/mol. The van der Waals surface area contributed by atoms with Gasteiger partial charge in [-0.15, -0.1) is 0 Å². The maximum Gasteiger partial charge on any atom is 0.0912 e. The van der Waals surface area contributed by atoms with Gasteiger partial charge in [0.1, 0.15) is 0 Å². The highest BCUT2D eigenvalue weighted by molar-refractivity contribution is 5.07. The molecule has 4 heteroatoms. The summed E-state index contributed by atoms with van der Waals surface area (Å²) in [6, 6.07) is 0. The predicted molar refractivity (Wildman–Crippen MR) is 63.2 cm³/mol. The molecule has 0 aliphatic rings. The summed E-state index contributed by atoms with van der Waals surface area (Å²) in [5, 5.41) is 14.3. The molecule has 1 aromatic rings. The Balaban J connectivity index is 2.65. The van der Waals surface area contributed by atoms with Gasteiger partial charge >= 0.3 is 0 Å². The third-order valence-electron chi connectivity index (χ3n) is 3.07. The van der Waals surface area contributed by atoms with Crippen molar-refractivity contribution >= 4 is 0 Å².